The third kappa shape index (κ3) is 3.74. The van der Waals surface area contributed by atoms with E-state index in [-0.39, 0.29) is 17.5 Å². The zero-order valence-electron chi connectivity index (χ0n) is 10.4. The van der Waals surface area contributed by atoms with E-state index in [4.69, 9.17) is 7.59 Å². The van der Waals surface area contributed by atoms with E-state index in [0.29, 0.717) is 5.89 Å². The summed E-state index contributed by atoms with van der Waals surface area (Å²) in [5.74, 6) is 0.0134. The maximum absolute atomic E-state index is 13.9. The van der Waals surface area contributed by atoms with E-state index in [9.17, 15) is 4.39 Å². The fourth-order valence-corrected chi connectivity index (χ4v) is 1.39. The summed E-state index contributed by atoms with van der Waals surface area (Å²) in [7, 11) is 0. The highest BCUT2D eigenvalue weighted by molar-refractivity contribution is 14.1. The monoisotopic (exact) mass is 364 g/mol. The molecule has 1 unspecified atom stereocenters. The van der Waals surface area contributed by atoms with Gasteiger partial charge in [-0.25, -0.2) is 4.39 Å². The third-order valence-electron chi connectivity index (χ3n) is 2.04. The molecule has 18 heavy (non-hydrogen) atoms. The second-order valence-corrected chi connectivity index (χ2v) is 4.38. The first-order chi connectivity index (χ1) is 8.49. The van der Waals surface area contributed by atoms with E-state index < -0.39 is 5.83 Å². The summed E-state index contributed by atoms with van der Waals surface area (Å²) in [4.78, 5) is 4.07. The van der Waals surface area contributed by atoms with Crippen LogP contribution in [0.2, 0.25) is 0 Å². The van der Waals surface area contributed by atoms with Crippen LogP contribution in [0.15, 0.2) is 34.7 Å². The van der Waals surface area contributed by atoms with E-state index in [0.717, 1.165) is 5.57 Å². The molecule has 98 valence electrons. The lowest BCUT2D eigenvalue weighted by molar-refractivity contribution is 0.234. The minimum atomic E-state index is -0.444. The van der Waals surface area contributed by atoms with Gasteiger partial charge in [0.15, 0.2) is 0 Å². The lowest BCUT2D eigenvalue weighted by Gasteiger charge is -1.99. The summed E-state index contributed by atoms with van der Waals surface area (Å²) in [5, 5.41) is 3.72. The van der Waals surface area contributed by atoms with Gasteiger partial charge >= 0.3 is 0 Å². The van der Waals surface area contributed by atoms with Crippen LogP contribution >= 0.6 is 23.0 Å². The lowest BCUT2D eigenvalue weighted by atomic mass is 10.2. The Hall–Kier alpha value is -1.02. The molecule has 1 rings (SSSR count). The third-order valence-corrected chi connectivity index (χ3v) is 2.80. The van der Waals surface area contributed by atoms with Gasteiger partial charge in [-0.3, -0.25) is 0 Å². The van der Waals surface area contributed by atoms with Gasteiger partial charge in [-0.15, -0.1) is 0 Å². The average Bonchev–Trinajstić information content (AvgIpc) is 2.77. The smallest absolute Gasteiger partial charge is 0.256 e. The standard InChI is InChI=1S/C12H14FIN2O2/c1-5-9(10(13)6-7(2)3)11-15-12(18-16-11)8(4)17-14/h5-6,8H,1H2,2-4H3/b10-9-. The van der Waals surface area contributed by atoms with E-state index in [1.165, 1.54) is 12.2 Å². The van der Waals surface area contributed by atoms with Gasteiger partial charge in [0.2, 0.25) is 5.82 Å². The van der Waals surface area contributed by atoms with Crippen molar-refractivity contribution in [2.75, 3.05) is 0 Å². The quantitative estimate of drug-likeness (QED) is 0.577. The Kier molecular flexibility index (Phi) is 5.67. The van der Waals surface area contributed by atoms with E-state index in [1.54, 1.807) is 43.8 Å². The first-order valence-electron chi connectivity index (χ1n) is 5.28. The summed E-state index contributed by atoms with van der Waals surface area (Å²) in [6.45, 7) is 8.92. The Morgan fingerprint density at radius 2 is 2.22 bits per heavy atom. The Labute approximate surface area is 119 Å². The second kappa shape index (κ2) is 6.79. The predicted octanol–water partition coefficient (Wildman–Crippen LogP) is 4.33. The molecule has 0 aliphatic rings. The van der Waals surface area contributed by atoms with Gasteiger partial charge in [0, 0.05) is 0 Å². The minimum Gasteiger partial charge on any atom is -0.336 e. The summed E-state index contributed by atoms with van der Waals surface area (Å²) in [5.41, 5.74) is 1.03. The topological polar surface area (TPSA) is 48.2 Å². The Morgan fingerprint density at radius 3 is 2.72 bits per heavy atom. The maximum atomic E-state index is 13.9. The van der Waals surface area contributed by atoms with E-state index in [1.807, 2.05) is 0 Å². The molecule has 0 bridgehead atoms. The van der Waals surface area contributed by atoms with Crippen LogP contribution in [0, 0.1) is 0 Å². The first kappa shape index (κ1) is 15.0. The van der Waals surface area contributed by atoms with Crippen LogP contribution in [0.4, 0.5) is 4.39 Å². The molecule has 0 aromatic carbocycles. The van der Waals surface area contributed by atoms with Gasteiger partial charge < -0.3 is 7.59 Å². The van der Waals surface area contributed by atoms with Crippen LogP contribution < -0.4 is 0 Å². The highest BCUT2D eigenvalue weighted by Crippen LogP contribution is 2.23. The second-order valence-electron chi connectivity index (χ2n) is 3.87. The number of nitrogens with zero attached hydrogens (tertiary/aromatic N) is 2. The molecule has 0 fully saturated rings. The van der Waals surface area contributed by atoms with Crippen molar-refractivity contribution < 1.29 is 12.0 Å². The van der Waals surface area contributed by atoms with E-state index in [2.05, 4.69) is 16.7 Å². The van der Waals surface area contributed by atoms with Crippen LogP contribution in [0.5, 0.6) is 0 Å². The fraction of sp³-hybridized carbons (Fsp3) is 0.333. The van der Waals surface area contributed by atoms with Crippen molar-refractivity contribution in [3.8, 4) is 0 Å². The van der Waals surface area contributed by atoms with Gasteiger partial charge in [0.05, 0.1) is 5.57 Å². The van der Waals surface area contributed by atoms with E-state index >= 15 is 0 Å². The SMILES string of the molecule is C=C/C(=C(/F)C=C(C)C)c1noc(C(C)OI)n1. The molecule has 0 amide bonds. The number of allylic oxidation sites excluding steroid dienone is 5. The average molecular weight is 364 g/mol. The predicted molar refractivity (Wildman–Crippen MR) is 75.5 cm³/mol. The van der Waals surface area contributed by atoms with Crippen molar-refractivity contribution in [3.63, 3.8) is 0 Å². The zero-order chi connectivity index (χ0) is 13.7. The number of rotatable bonds is 5. The van der Waals surface area contributed by atoms with Crippen LogP contribution in [0.25, 0.3) is 5.57 Å². The molecular weight excluding hydrogens is 350 g/mol. The molecule has 0 spiro atoms. The van der Waals surface area contributed by atoms with Crippen LogP contribution in [0.1, 0.15) is 38.6 Å². The normalized spacial score (nSPS) is 13.8. The molecule has 0 N–H and O–H groups in total. The molecule has 6 heteroatoms. The molecule has 1 aromatic rings. The molecule has 1 atom stereocenters. The minimum absolute atomic E-state index is 0.162. The molecule has 1 heterocycles. The highest BCUT2D eigenvalue weighted by atomic mass is 127. The lowest BCUT2D eigenvalue weighted by Crippen LogP contribution is -1.93. The fourth-order valence-electron chi connectivity index (χ4n) is 1.17. The summed E-state index contributed by atoms with van der Waals surface area (Å²) < 4.78 is 23.9. The van der Waals surface area contributed by atoms with Crippen molar-refractivity contribution in [2.45, 2.75) is 26.9 Å². The van der Waals surface area contributed by atoms with Gasteiger partial charge in [-0.1, -0.05) is 23.4 Å². The number of hydrogen-bond acceptors (Lipinski definition) is 4. The highest BCUT2D eigenvalue weighted by Gasteiger charge is 2.17. The van der Waals surface area contributed by atoms with Gasteiger partial charge in [-0.05, 0) is 26.8 Å². The largest absolute Gasteiger partial charge is 0.336 e. The van der Waals surface area contributed by atoms with Crippen LogP contribution in [-0.4, -0.2) is 10.1 Å². The Bertz CT molecular complexity index is 490. The number of halogens is 2. The maximum Gasteiger partial charge on any atom is 0.256 e. The molecule has 0 radical (unpaired) electrons. The Morgan fingerprint density at radius 1 is 1.56 bits per heavy atom. The molecule has 0 aliphatic carbocycles. The molecule has 0 saturated heterocycles. The van der Waals surface area contributed by atoms with Gasteiger partial charge in [0.1, 0.15) is 34.9 Å². The molecule has 0 saturated carbocycles. The van der Waals surface area contributed by atoms with Crippen molar-refractivity contribution in [2.24, 2.45) is 0 Å². The first-order valence-corrected chi connectivity index (χ1v) is 6.16. The summed E-state index contributed by atoms with van der Waals surface area (Å²) >= 11 is 1.74. The van der Waals surface area contributed by atoms with Crippen molar-refractivity contribution in [1.82, 2.24) is 10.1 Å². The van der Waals surface area contributed by atoms with Crippen LogP contribution in [-0.2, 0) is 3.07 Å². The summed E-state index contributed by atoms with van der Waals surface area (Å²) in [6.07, 6.45) is 2.41. The molecule has 4 nitrogen and oxygen atoms in total. The molecule has 0 aliphatic heterocycles. The van der Waals surface area contributed by atoms with Crippen molar-refractivity contribution in [3.05, 3.63) is 41.8 Å². The number of hydrogen-bond donors (Lipinski definition) is 0. The number of aromatic nitrogens is 2. The van der Waals surface area contributed by atoms with Gasteiger partial charge in [0.25, 0.3) is 5.89 Å². The van der Waals surface area contributed by atoms with Crippen molar-refractivity contribution >= 4 is 28.6 Å². The van der Waals surface area contributed by atoms with Gasteiger partial charge in [-0.2, -0.15) is 4.98 Å². The Balaban J connectivity index is 3.14. The molecule has 1 aromatic heterocycles. The van der Waals surface area contributed by atoms with Crippen LogP contribution in [0.3, 0.4) is 0 Å². The molecular formula is C12H14FIN2O2. The summed E-state index contributed by atoms with van der Waals surface area (Å²) in [6, 6.07) is 0. The zero-order valence-corrected chi connectivity index (χ0v) is 12.6. The van der Waals surface area contributed by atoms with Crippen molar-refractivity contribution in [1.29, 1.82) is 0 Å².